The van der Waals surface area contributed by atoms with Crippen molar-refractivity contribution in [3.05, 3.63) is 36.0 Å². The van der Waals surface area contributed by atoms with Gasteiger partial charge in [0.2, 0.25) is 41.4 Å². The molecule has 7 amide bonds. The number of aliphatic hydroxyl groups is 1. The monoisotopic (exact) mass is 960 g/mol. The highest BCUT2D eigenvalue weighted by molar-refractivity contribution is 5.97. The Morgan fingerprint density at radius 2 is 1.18 bits per heavy atom. The molecular formula is C45H73N11O12. The van der Waals surface area contributed by atoms with Crippen LogP contribution in [0.4, 0.5) is 0 Å². The molecule has 0 unspecified atom stereocenters. The number of para-hydroxylation sites is 1. The third-order valence-electron chi connectivity index (χ3n) is 11.5. The maximum absolute atomic E-state index is 14.3. The molecule has 0 spiro atoms. The first-order chi connectivity index (χ1) is 32.1. The van der Waals surface area contributed by atoms with E-state index in [1.807, 2.05) is 6.92 Å². The van der Waals surface area contributed by atoms with E-state index < -0.39 is 127 Å². The molecule has 9 atom stereocenters. The summed E-state index contributed by atoms with van der Waals surface area (Å²) < 4.78 is 0. The third kappa shape index (κ3) is 19.2. The van der Waals surface area contributed by atoms with Crippen LogP contribution < -0.4 is 54.4 Å². The van der Waals surface area contributed by atoms with Crippen LogP contribution in [-0.4, -0.2) is 142 Å². The van der Waals surface area contributed by atoms with Gasteiger partial charge in [0.25, 0.3) is 0 Å². The number of unbranched alkanes of at least 4 members (excludes halogenated alkanes) is 2. The fourth-order valence-electron chi connectivity index (χ4n) is 7.07. The smallest absolute Gasteiger partial charge is 0.326 e. The Bertz CT molecular complexity index is 2010. The summed E-state index contributed by atoms with van der Waals surface area (Å²) in [5.74, 6) is -9.28. The Hall–Kier alpha value is -6.17. The number of nitrogens with one attached hydrogen (secondary N) is 8. The zero-order chi connectivity index (χ0) is 51.1. The number of aromatic amines is 1. The van der Waals surface area contributed by atoms with Gasteiger partial charge < -0.3 is 74.7 Å². The van der Waals surface area contributed by atoms with Crippen molar-refractivity contribution in [2.24, 2.45) is 29.0 Å². The zero-order valence-electron chi connectivity index (χ0n) is 39.6. The minimum absolute atomic E-state index is 0.00285. The molecule has 1 aromatic heterocycles. The second kappa shape index (κ2) is 29.6. The van der Waals surface area contributed by atoms with E-state index in [0.29, 0.717) is 37.7 Å². The van der Waals surface area contributed by atoms with Gasteiger partial charge in [-0.3, -0.25) is 38.4 Å². The number of aromatic nitrogens is 1. The number of rotatable bonds is 32. The van der Waals surface area contributed by atoms with Gasteiger partial charge in [-0.15, -0.1) is 0 Å². The molecule has 1 heterocycles. The van der Waals surface area contributed by atoms with Gasteiger partial charge in [0, 0.05) is 29.9 Å². The van der Waals surface area contributed by atoms with Gasteiger partial charge in [-0.1, -0.05) is 52.3 Å². The lowest BCUT2D eigenvalue weighted by Gasteiger charge is -2.27. The standard InChI is InChI=1S/C45H73N11O12/c1-6-25(4)36(48)43(65)56-38(26(5)57)44(66)54-30(15-9-11-19-46)39(61)50-23-34(58)51-33(21-27-22-49-29-14-8-7-13-28(27)29)42(64)52-31(16-10-12-20-47)40(62)53-32(17-18-35(59)60)41(63)55-37(24(2)3)45(67)68/h7-8,13-14,22,24-26,30-33,36-38,49,57H,6,9-12,15-21,23,46-48H2,1-5H3,(H,50,61)(H,51,58)(H,52,64)(H,53,62)(H,54,66)(H,55,63)(H,56,65)(H,59,60)(H,67,68)/t25-,26+,30-,31-,32-,33-,36-,37-,38-/m0/s1. The first-order valence-corrected chi connectivity index (χ1v) is 23.1. The van der Waals surface area contributed by atoms with Crippen molar-refractivity contribution in [1.29, 1.82) is 0 Å². The van der Waals surface area contributed by atoms with Crippen molar-refractivity contribution in [2.45, 2.75) is 147 Å². The average molecular weight is 960 g/mol. The highest BCUT2D eigenvalue weighted by Crippen LogP contribution is 2.20. The summed E-state index contributed by atoms with van der Waals surface area (Å²) in [4.78, 5) is 121. The van der Waals surface area contributed by atoms with E-state index in [0.717, 1.165) is 10.9 Å². The van der Waals surface area contributed by atoms with Crippen molar-refractivity contribution in [3.8, 4) is 0 Å². The molecule has 0 aliphatic heterocycles. The Balaban J connectivity index is 2.39. The first kappa shape index (κ1) is 58.0. The predicted molar refractivity (Wildman–Crippen MR) is 251 cm³/mol. The van der Waals surface area contributed by atoms with Gasteiger partial charge in [0.1, 0.15) is 36.3 Å². The Morgan fingerprint density at radius 1 is 0.647 bits per heavy atom. The fraction of sp³-hybridized carbons (Fsp3) is 0.622. The highest BCUT2D eigenvalue weighted by atomic mass is 16.4. The second-order valence-electron chi connectivity index (χ2n) is 17.3. The second-order valence-corrected chi connectivity index (χ2v) is 17.3. The van der Waals surface area contributed by atoms with E-state index in [2.05, 4.69) is 42.2 Å². The molecule has 68 heavy (non-hydrogen) atoms. The quantitative estimate of drug-likeness (QED) is 0.0366. The normalized spacial score (nSPS) is 15.3. The molecular weight excluding hydrogens is 887 g/mol. The number of benzene rings is 1. The lowest BCUT2D eigenvalue weighted by molar-refractivity contribution is -0.144. The molecule has 380 valence electrons. The Kier molecular flexibility index (Phi) is 25.2. The van der Waals surface area contributed by atoms with Crippen LogP contribution in [0.15, 0.2) is 30.5 Å². The van der Waals surface area contributed by atoms with Crippen LogP contribution in [0.3, 0.4) is 0 Å². The van der Waals surface area contributed by atoms with Crippen LogP contribution in [-0.2, 0) is 49.6 Å². The molecule has 0 bridgehead atoms. The van der Waals surface area contributed by atoms with Gasteiger partial charge in [0.05, 0.1) is 18.7 Å². The molecule has 0 fully saturated rings. The minimum atomic E-state index is -1.51. The molecule has 0 aliphatic carbocycles. The van der Waals surface area contributed by atoms with E-state index in [9.17, 15) is 58.5 Å². The molecule has 1 aromatic carbocycles. The summed E-state index contributed by atoms with van der Waals surface area (Å²) >= 11 is 0. The number of nitrogens with two attached hydrogens (primary N) is 3. The predicted octanol–water partition coefficient (Wildman–Crippen LogP) is -1.65. The van der Waals surface area contributed by atoms with Crippen LogP contribution in [0.25, 0.3) is 10.9 Å². The number of fused-ring (bicyclic) bond motifs is 1. The molecule has 2 rings (SSSR count). The average Bonchev–Trinajstić information content (AvgIpc) is 3.70. The van der Waals surface area contributed by atoms with Gasteiger partial charge in [0.15, 0.2) is 0 Å². The number of aliphatic hydroxyl groups excluding tert-OH is 1. The van der Waals surface area contributed by atoms with Gasteiger partial charge in [-0.25, -0.2) is 4.79 Å². The number of carboxylic acids is 2. The summed E-state index contributed by atoms with van der Waals surface area (Å²) in [5.41, 5.74) is 18.7. The zero-order valence-corrected chi connectivity index (χ0v) is 39.6. The van der Waals surface area contributed by atoms with E-state index in [1.165, 1.54) is 6.92 Å². The summed E-state index contributed by atoms with van der Waals surface area (Å²) in [5, 5.41) is 47.7. The summed E-state index contributed by atoms with van der Waals surface area (Å²) in [6.45, 7) is 7.84. The van der Waals surface area contributed by atoms with Gasteiger partial charge in [-0.05, 0) is 88.4 Å². The Morgan fingerprint density at radius 3 is 1.72 bits per heavy atom. The number of amides is 7. The van der Waals surface area contributed by atoms with E-state index >= 15 is 0 Å². The van der Waals surface area contributed by atoms with Crippen LogP contribution in [0.2, 0.25) is 0 Å². The highest BCUT2D eigenvalue weighted by Gasteiger charge is 2.34. The first-order valence-electron chi connectivity index (χ1n) is 23.1. The number of H-pyrrole nitrogens is 1. The lowest BCUT2D eigenvalue weighted by Crippen LogP contribution is -2.60. The van der Waals surface area contributed by atoms with Crippen LogP contribution in [0.5, 0.6) is 0 Å². The molecule has 0 radical (unpaired) electrons. The number of carbonyl (C=O) groups excluding carboxylic acids is 7. The van der Waals surface area contributed by atoms with Crippen LogP contribution in [0.1, 0.15) is 98.0 Å². The van der Waals surface area contributed by atoms with Gasteiger partial charge >= 0.3 is 11.9 Å². The Labute approximate surface area is 396 Å². The summed E-state index contributed by atoms with van der Waals surface area (Å²) in [6.07, 6.45) is 1.43. The topological polar surface area (TPSA) is 392 Å². The van der Waals surface area contributed by atoms with E-state index in [1.54, 1.807) is 51.2 Å². The molecule has 0 aliphatic rings. The number of aliphatic carboxylic acids is 2. The van der Waals surface area contributed by atoms with Crippen molar-refractivity contribution in [1.82, 2.24) is 42.2 Å². The van der Waals surface area contributed by atoms with Crippen molar-refractivity contribution < 1.29 is 58.5 Å². The molecule has 17 N–H and O–H groups in total. The molecule has 0 saturated heterocycles. The molecule has 23 nitrogen and oxygen atoms in total. The summed E-state index contributed by atoms with van der Waals surface area (Å²) in [6, 6.07) is -2.11. The van der Waals surface area contributed by atoms with Crippen molar-refractivity contribution >= 4 is 64.2 Å². The SMILES string of the molecule is CC[C@H](C)[C@H](N)C(=O)N[C@H](C(=O)N[C@@H](CCCCN)C(=O)NCC(=O)N[C@@H](Cc1c[nH]c2ccccc12)C(=O)N[C@@H](CCCCN)C(=O)N[C@@H](CCC(=O)O)C(=O)N[C@H](C(=O)O)C(C)C)[C@@H](C)O. The fourth-order valence-corrected chi connectivity index (χ4v) is 7.07. The lowest BCUT2D eigenvalue weighted by atomic mass is 9.98. The van der Waals surface area contributed by atoms with Crippen LogP contribution >= 0.6 is 0 Å². The number of carboxylic acid groups (broad SMARTS) is 2. The van der Waals surface area contributed by atoms with Crippen LogP contribution in [0, 0.1) is 11.8 Å². The van der Waals surface area contributed by atoms with Crippen molar-refractivity contribution in [2.75, 3.05) is 19.6 Å². The largest absolute Gasteiger partial charge is 0.481 e. The van der Waals surface area contributed by atoms with E-state index in [4.69, 9.17) is 17.2 Å². The molecule has 2 aromatic rings. The maximum Gasteiger partial charge on any atom is 0.326 e. The van der Waals surface area contributed by atoms with Gasteiger partial charge in [-0.2, -0.15) is 0 Å². The number of hydrogen-bond acceptors (Lipinski definition) is 13. The van der Waals surface area contributed by atoms with Crippen molar-refractivity contribution in [3.63, 3.8) is 0 Å². The third-order valence-corrected chi connectivity index (χ3v) is 11.5. The summed E-state index contributed by atoms with van der Waals surface area (Å²) in [7, 11) is 0. The molecule has 23 heteroatoms. The maximum atomic E-state index is 14.3. The molecule has 0 saturated carbocycles. The number of carbonyl (C=O) groups is 9. The minimum Gasteiger partial charge on any atom is -0.481 e. The van der Waals surface area contributed by atoms with E-state index in [-0.39, 0.29) is 38.3 Å². The number of hydrogen-bond donors (Lipinski definition) is 14.